The summed E-state index contributed by atoms with van der Waals surface area (Å²) in [5.74, 6) is 5.81. The fraction of sp³-hybridized carbons (Fsp3) is 0.969. The van der Waals surface area contributed by atoms with Gasteiger partial charge in [-0.15, -0.1) is 10.2 Å². The van der Waals surface area contributed by atoms with Crippen LogP contribution in [0.15, 0.2) is 0 Å². The van der Waals surface area contributed by atoms with E-state index in [9.17, 15) is 0 Å². The Bertz CT molecular complexity index is 1470. The molecule has 440 valence electrons. The average molecular weight is 1050 g/mol. The van der Waals surface area contributed by atoms with Crippen LogP contribution in [0.25, 0.3) is 0 Å². The molecule has 6 fully saturated rings. The van der Waals surface area contributed by atoms with Gasteiger partial charge in [0.1, 0.15) is 11.6 Å². The van der Waals surface area contributed by atoms with Crippen LogP contribution in [0.4, 0.5) is 0 Å². The summed E-state index contributed by atoms with van der Waals surface area (Å²) in [4.78, 5) is 20.8. The molecule has 0 bridgehead atoms. The molecule has 11 heteroatoms. The van der Waals surface area contributed by atoms with Crippen molar-refractivity contribution in [3.8, 4) is 0 Å². The summed E-state index contributed by atoms with van der Waals surface area (Å²) in [6, 6.07) is 3.16. The number of fused-ring (bicyclic) bond motifs is 1. The van der Waals surface area contributed by atoms with Crippen LogP contribution in [0, 0.1) is 30.6 Å². The van der Waals surface area contributed by atoms with E-state index >= 15 is 0 Å². The molecule has 0 N–H and O–H groups in total. The Balaban J connectivity index is 0.000000205. The van der Waals surface area contributed by atoms with Crippen LogP contribution in [0.1, 0.15) is 222 Å². The molecule has 7 aliphatic rings. The van der Waals surface area contributed by atoms with Crippen molar-refractivity contribution in [3.05, 3.63) is 11.6 Å². The Hall–Kier alpha value is -1.18. The highest BCUT2D eigenvalue weighted by atomic mass is 15.3. The van der Waals surface area contributed by atoms with Crippen molar-refractivity contribution in [1.82, 2.24) is 54.0 Å². The molecule has 0 saturated carbocycles. The van der Waals surface area contributed by atoms with Gasteiger partial charge in [0.05, 0.1) is 6.54 Å². The van der Waals surface area contributed by atoms with Crippen LogP contribution < -0.4 is 0 Å². The highest BCUT2D eigenvalue weighted by Crippen LogP contribution is 2.25. The summed E-state index contributed by atoms with van der Waals surface area (Å²) in [6.07, 6.45) is 31.4. The predicted octanol–water partition coefficient (Wildman–Crippen LogP) is 12.5. The molecule has 0 aromatic carbocycles. The Morgan fingerprint density at radius 1 is 0.440 bits per heavy atom. The largest absolute Gasteiger partial charge is 0.313 e. The zero-order chi connectivity index (χ0) is 54.4. The molecule has 6 saturated heterocycles. The maximum Gasteiger partial charge on any atom is 0.147 e. The van der Waals surface area contributed by atoms with Gasteiger partial charge in [0.25, 0.3) is 0 Å². The van der Waals surface area contributed by atoms with Crippen LogP contribution in [0.2, 0.25) is 0 Å². The quantitative estimate of drug-likeness (QED) is 0.118. The van der Waals surface area contributed by atoms with Gasteiger partial charge in [-0.25, -0.2) is 0 Å². The van der Waals surface area contributed by atoms with Crippen molar-refractivity contribution in [2.75, 3.05) is 125 Å². The van der Waals surface area contributed by atoms with Gasteiger partial charge in [-0.05, 0) is 254 Å². The van der Waals surface area contributed by atoms with Crippen LogP contribution in [-0.4, -0.2) is 203 Å². The maximum absolute atomic E-state index is 4.16. The van der Waals surface area contributed by atoms with Gasteiger partial charge in [-0.3, -0.25) is 4.90 Å². The first kappa shape index (κ1) is 66.3. The molecule has 75 heavy (non-hydrogen) atoms. The van der Waals surface area contributed by atoms with Crippen molar-refractivity contribution in [1.29, 1.82) is 0 Å². The number of likely N-dealkylation sites (N-methyl/N-ethyl adjacent to an activating group) is 1. The minimum atomic E-state index is 0.603. The molecule has 8 rings (SSSR count). The fourth-order valence-corrected chi connectivity index (χ4v) is 12.8. The first-order valence-electron chi connectivity index (χ1n) is 32.7. The number of rotatable bonds is 20. The number of nitrogens with zero attached hydrogens (tertiary/aromatic N) is 11. The number of piperidine rings is 5. The number of unbranched alkanes of at least 4 members (excludes halogenated alkanes) is 2. The number of likely N-dealkylation sites (tertiary alicyclic amines) is 6. The summed E-state index contributed by atoms with van der Waals surface area (Å²) in [5.41, 5.74) is 0. The van der Waals surface area contributed by atoms with Crippen LogP contribution >= 0.6 is 0 Å². The van der Waals surface area contributed by atoms with Gasteiger partial charge in [-0.1, -0.05) is 92.9 Å². The third-order valence-electron chi connectivity index (χ3n) is 18.2. The lowest BCUT2D eigenvalue weighted by Gasteiger charge is -2.41. The Labute approximate surface area is 467 Å². The zero-order valence-corrected chi connectivity index (χ0v) is 52.5. The van der Waals surface area contributed by atoms with E-state index in [2.05, 4.69) is 137 Å². The van der Waals surface area contributed by atoms with E-state index in [0.717, 1.165) is 73.1 Å². The topological polar surface area (TPSA) is 56.6 Å². The number of hydrogen-bond donors (Lipinski definition) is 0. The number of aryl methyl sites for hydroxylation is 1. The second-order valence-corrected chi connectivity index (χ2v) is 26.9. The Morgan fingerprint density at radius 2 is 0.880 bits per heavy atom. The normalized spacial score (nSPS) is 22.0. The van der Waals surface area contributed by atoms with Crippen LogP contribution in [-0.2, 0) is 13.1 Å². The molecule has 0 spiro atoms. The second kappa shape index (κ2) is 38.5. The smallest absolute Gasteiger partial charge is 0.147 e. The lowest BCUT2D eigenvalue weighted by molar-refractivity contribution is 0.0796. The monoisotopic (exact) mass is 1050 g/mol. The standard InChI is InChI=1S/C17H34N2.C14H30N2.C13H26N2.C11H23N.C9H16N4/c1-16(2)8-4-7-11-18-14-9-17(10-15-18)19-12-5-3-6-13-19;1-13(2)5-6-14-7-9-16(10-8-14)12-11-15(3)4;1-12(2)14-10-6-13(7-11-14)15-8-4-3-5-9-15;1-11(2)7-3-4-8-12-9-5-6-10-12;1-7(2)12-4-5-13-8(3)10-11-9(13)6-12/h16-17H,3-15H2,1-2H3;13-14H,5-12H2,1-4H3;12-13H,3-11H2,1-2H3;11H,3-10H2,1-2H3;7H,4-6H2,1-3H3. The minimum absolute atomic E-state index is 0.603. The molecule has 0 radical (unpaired) electrons. The maximum atomic E-state index is 4.16. The summed E-state index contributed by atoms with van der Waals surface area (Å²) >= 11 is 0. The third kappa shape index (κ3) is 28.2. The highest BCUT2D eigenvalue weighted by molar-refractivity contribution is 4.97. The number of hydrogen-bond acceptors (Lipinski definition) is 10. The van der Waals surface area contributed by atoms with Gasteiger partial charge < -0.3 is 38.9 Å². The molecule has 8 heterocycles. The van der Waals surface area contributed by atoms with Crippen molar-refractivity contribution >= 4 is 0 Å². The van der Waals surface area contributed by atoms with E-state index in [4.69, 9.17) is 0 Å². The van der Waals surface area contributed by atoms with Gasteiger partial charge in [0.15, 0.2) is 0 Å². The summed E-state index contributed by atoms with van der Waals surface area (Å²) in [7, 11) is 4.32. The molecule has 0 atom stereocenters. The summed E-state index contributed by atoms with van der Waals surface area (Å²) < 4.78 is 2.21. The van der Waals surface area contributed by atoms with Gasteiger partial charge in [0, 0.05) is 50.3 Å². The molecular formula is C64H129N11. The lowest BCUT2D eigenvalue weighted by Crippen LogP contribution is -2.48. The fourth-order valence-electron chi connectivity index (χ4n) is 12.8. The molecule has 7 aliphatic heterocycles. The third-order valence-corrected chi connectivity index (χ3v) is 18.2. The zero-order valence-electron chi connectivity index (χ0n) is 52.5. The van der Waals surface area contributed by atoms with Crippen LogP contribution in [0.3, 0.4) is 0 Å². The van der Waals surface area contributed by atoms with E-state index in [1.807, 2.05) is 6.92 Å². The van der Waals surface area contributed by atoms with E-state index in [0.29, 0.717) is 6.04 Å². The molecule has 0 amide bonds. The van der Waals surface area contributed by atoms with Crippen molar-refractivity contribution in [3.63, 3.8) is 0 Å². The summed E-state index contributed by atoms with van der Waals surface area (Å²) in [5, 5.41) is 8.24. The van der Waals surface area contributed by atoms with Crippen molar-refractivity contribution in [2.24, 2.45) is 23.7 Å². The molecule has 0 unspecified atom stereocenters. The number of aromatic nitrogens is 3. The van der Waals surface area contributed by atoms with Crippen molar-refractivity contribution in [2.45, 2.75) is 255 Å². The predicted molar refractivity (Wildman–Crippen MR) is 325 cm³/mol. The first-order chi connectivity index (χ1) is 36.1. The SMILES string of the molecule is CC(C)CCC1CCN(CCN(C)C)CC1.CC(C)CCCCN1CCC(N2CCCCC2)CC1.CC(C)CCCCN1CCCC1.CC(C)N1CCC(N2CCCCC2)CC1.Cc1nnc2n1CCN(C(C)C)C2. The second-order valence-electron chi connectivity index (χ2n) is 26.9. The molecular weight excluding hydrogens is 923 g/mol. The molecule has 1 aromatic rings. The average Bonchev–Trinajstić information content (AvgIpc) is 4.08. The van der Waals surface area contributed by atoms with Gasteiger partial charge in [-0.2, -0.15) is 0 Å². The van der Waals surface area contributed by atoms with E-state index < -0.39 is 0 Å². The minimum Gasteiger partial charge on any atom is -0.313 e. The van der Waals surface area contributed by atoms with Gasteiger partial charge in [0.2, 0.25) is 0 Å². The van der Waals surface area contributed by atoms with E-state index in [-0.39, 0.29) is 0 Å². The van der Waals surface area contributed by atoms with E-state index in [1.165, 1.54) is 246 Å². The van der Waals surface area contributed by atoms with E-state index in [1.54, 1.807) is 0 Å². The molecule has 1 aromatic heterocycles. The Kier molecular flexibility index (Phi) is 34.0. The van der Waals surface area contributed by atoms with Crippen molar-refractivity contribution < 1.29 is 0 Å². The highest BCUT2D eigenvalue weighted by Gasteiger charge is 2.28. The van der Waals surface area contributed by atoms with Crippen LogP contribution in [0.5, 0.6) is 0 Å². The lowest BCUT2D eigenvalue weighted by atomic mass is 9.90. The summed E-state index contributed by atoms with van der Waals surface area (Å²) in [6.45, 7) is 49.5. The Morgan fingerprint density at radius 3 is 1.35 bits per heavy atom. The first-order valence-corrected chi connectivity index (χ1v) is 32.7. The molecule has 11 nitrogen and oxygen atoms in total. The van der Waals surface area contributed by atoms with Gasteiger partial charge >= 0.3 is 0 Å². The molecule has 0 aliphatic carbocycles.